The van der Waals surface area contributed by atoms with Crippen LogP contribution >= 0.6 is 0 Å². The standard InChI is InChI=1S/C9H7F2N5O2/c10-7-3-5(9-12-14-15-13-9)4-8(11)6(7)1-2-16(17)18/h3-4H,1-2H2,(H,12,13,14,15). The summed E-state index contributed by atoms with van der Waals surface area (Å²) in [6, 6.07) is 2.03. The summed E-state index contributed by atoms with van der Waals surface area (Å²) in [6.07, 6.45) is -0.308. The number of hydrogen-bond acceptors (Lipinski definition) is 5. The fourth-order valence-corrected chi connectivity index (χ4v) is 1.46. The first kappa shape index (κ1) is 12.0. The van der Waals surface area contributed by atoms with Crippen LogP contribution in [0.2, 0.25) is 0 Å². The van der Waals surface area contributed by atoms with Gasteiger partial charge in [-0.25, -0.2) is 8.78 Å². The molecule has 1 aromatic heterocycles. The minimum Gasteiger partial charge on any atom is -0.265 e. The van der Waals surface area contributed by atoms with Crippen molar-refractivity contribution < 1.29 is 13.7 Å². The molecule has 0 spiro atoms. The summed E-state index contributed by atoms with van der Waals surface area (Å²) in [4.78, 5) is 9.54. The predicted octanol–water partition coefficient (Wildman–Crippen LogP) is 0.964. The maximum atomic E-state index is 13.6. The molecular formula is C9H7F2N5O2. The Morgan fingerprint density at radius 3 is 2.50 bits per heavy atom. The van der Waals surface area contributed by atoms with Crippen molar-refractivity contribution in [2.45, 2.75) is 6.42 Å². The molecule has 0 radical (unpaired) electrons. The normalized spacial score (nSPS) is 10.6. The number of rotatable bonds is 4. The highest BCUT2D eigenvalue weighted by Gasteiger charge is 2.15. The van der Waals surface area contributed by atoms with Crippen LogP contribution in [0.3, 0.4) is 0 Å². The molecule has 0 unspecified atom stereocenters. The molecule has 0 saturated carbocycles. The Morgan fingerprint density at radius 1 is 1.33 bits per heavy atom. The molecule has 2 rings (SSSR count). The van der Waals surface area contributed by atoms with Gasteiger partial charge in [-0.05, 0) is 17.3 Å². The molecule has 94 valence electrons. The van der Waals surface area contributed by atoms with E-state index in [1.165, 1.54) is 0 Å². The van der Waals surface area contributed by atoms with E-state index < -0.39 is 23.1 Å². The van der Waals surface area contributed by atoms with Crippen LogP contribution in [0.25, 0.3) is 11.4 Å². The van der Waals surface area contributed by atoms with Crippen molar-refractivity contribution in [3.8, 4) is 11.4 Å². The molecule has 1 heterocycles. The molecule has 1 aromatic carbocycles. The van der Waals surface area contributed by atoms with Crippen molar-refractivity contribution >= 4 is 0 Å². The van der Waals surface area contributed by atoms with E-state index >= 15 is 0 Å². The monoisotopic (exact) mass is 255 g/mol. The van der Waals surface area contributed by atoms with Gasteiger partial charge in [-0.1, -0.05) is 0 Å². The van der Waals surface area contributed by atoms with Gasteiger partial charge in [0.25, 0.3) is 0 Å². The molecule has 0 atom stereocenters. The van der Waals surface area contributed by atoms with Gasteiger partial charge in [-0.15, -0.1) is 10.2 Å². The Kier molecular flexibility index (Phi) is 3.22. The molecule has 0 aliphatic carbocycles. The number of halogens is 2. The zero-order valence-electron chi connectivity index (χ0n) is 8.93. The molecule has 0 bridgehead atoms. The maximum absolute atomic E-state index is 13.6. The first-order chi connectivity index (χ1) is 8.58. The number of aromatic amines is 1. The number of H-pyrrole nitrogens is 1. The fourth-order valence-electron chi connectivity index (χ4n) is 1.46. The third-order valence-electron chi connectivity index (χ3n) is 2.29. The van der Waals surface area contributed by atoms with Crippen molar-refractivity contribution in [3.05, 3.63) is 39.4 Å². The summed E-state index contributed by atoms with van der Waals surface area (Å²) in [6.45, 7) is -0.532. The molecule has 0 amide bonds. The van der Waals surface area contributed by atoms with Crippen LogP contribution in [0, 0.1) is 21.7 Å². The van der Waals surface area contributed by atoms with Crippen LogP contribution in [0.15, 0.2) is 12.1 Å². The number of hydrogen-bond donors (Lipinski definition) is 1. The van der Waals surface area contributed by atoms with Crippen molar-refractivity contribution in [2.75, 3.05) is 6.54 Å². The highest BCUT2D eigenvalue weighted by Crippen LogP contribution is 2.21. The molecule has 7 nitrogen and oxygen atoms in total. The van der Waals surface area contributed by atoms with Gasteiger partial charge in [0.15, 0.2) is 0 Å². The molecule has 2 aromatic rings. The van der Waals surface area contributed by atoms with Gasteiger partial charge in [0, 0.05) is 22.5 Å². The number of benzene rings is 1. The fraction of sp³-hybridized carbons (Fsp3) is 0.222. The molecular weight excluding hydrogens is 248 g/mol. The summed E-state index contributed by atoms with van der Waals surface area (Å²) in [5.74, 6) is -1.68. The highest BCUT2D eigenvalue weighted by atomic mass is 19.1. The van der Waals surface area contributed by atoms with E-state index in [1.54, 1.807) is 0 Å². The van der Waals surface area contributed by atoms with E-state index in [9.17, 15) is 18.9 Å². The minimum absolute atomic E-state index is 0.0497. The number of nitrogens with zero attached hydrogens (tertiary/aromatic N) is 4. The third-order valence-corrected chi connectivity index (χ3v) is 2.29. The lowest BCUT2D eigenvalue weighted by Gasteiger charge is -2.04. The molecule has 9 heteroatoms. The van der Waals surface area contributed by atoms with Crippen molar-refractivity contribution in [1.82, 2.24) is 20.6 Å². The molecule has 0 aliphatic rings. The topological polar surface area (TPSA) is 97.6 Å². The van der Waals surface area contributed by atoms with Gasteiger partial charge >= 0.3 is 0 Å². The Bertz CT molecular complexity index is 549. The number of nitrogens with one attached hydrogen (secondary N) is 1. The quantitative estimate of drug-likeness (QED) is 0.648. The van der Waals surface area contributed by atoms with E-state index in [2.05, 4.69) is 20.6 Å². The van der Waals surface area contributed by atoms with Gasteiger partial charge < -0.3 is 0 Å². The van der Waals surface area contributed by atoms with Gasteiger partial charge in [0.1, 0.15) is 11.6 Å². The summed E-state index contributed by atoms with van der Waals surface area (Å²) in [7, 11) is 0. The van der Waals surface area contributed by atoms with Gasteiger partial charge in [-0.2, -0.15) is 5.21 Å². The molecule has 0 saturated heterocycles. The van der Waals surface area contributed by atoms with Crippen LogP contribution in [-0.2, 0) is 6.42 Å². The smallest absolute Gasteiger partial charge is 0.208 e. The predicted molar refractivity (Wildman–Crippen MR) is 55.1 cm³/mol. The van der Waals surface area contributed by atoms with Gasteiger partial charge in [0.2, 0.25) is 12.4 Å². The van der Waals surface area contributed by atoms with E-state index in [-0.39, 0.29) is 23.4 Å². The Hall–Kier alpha value is -2.45. The molecule has 1 N–H and O–H groups in total. The number of tetrazole rings is 1. The first-order valence-electron chi connectivity index (χ1n) is 4.91. The van der Waals surface area contributed by atoms with Crippen LogP contribution in [0.5, 0.6) is 0 Å². The second-order valence-electron chi connectivity index (χ2n) is 3.46. The first-order valence-corrected chi connectivity index (χ1v) is 4.91. The van der Waals surface area contributed by atoms with Crippen LogP contribution < -0.4 is 0 Å². The largest absolute Gasteiger partial charge is 0.265 e. The van der Waals surface area contributed by atoms with E-state index in [0.717, 1.165) is 12.1 Å². The zero-order chi connectivity index (χ0) is 13.1. The minimum atomic E-state index is -0.864. The molecule has 18 heavy (non-hydrogen) atoms. The van der Waals surface area contributed by atoms with Gasteiger partial charge in [0.05, 0.1) is 0 Å². The van der Waals surface area contributed by atoms with E-state index in [4.69, 9.17) is 0 Å². The third kappa shape index (κ3) is 2.44. The summed E-state index contributed by atoms with van der Waals surface area (Å²) < 4.78 is 27.2. The van der Waals surface area contributed by atoms with Gasteiger partial charge in [-0.3, -0.25) is 10.1 Å². The Balaban J connectivity index is 2.32. The van der Waals surface area contributed by atoms with Crippen molar-refractivity contribution in [3.63, 3.8) is 0 Å². The second-order valence-corrected chi connectivity index (χ2v) is 3.46. The number of aromatic nitrogens is 4. The van der Waals surface area contributed by atoms with Crippen molar-refractivity contribution in [1.29, 1.82) is 0 Å². The van der Waals surface area contributed by atoms with E-state index in [1.807, 2.05) is 0 Å². The average molecular weight is 255 g/mol. The lowest BCUT2D eigenvalue weighted by atomic mass is 10.1. The SMILES string of the molecule is O=[N+]([O-])CCc1c(F)cc(-c2nn[nH]n2)cc1F. The number of nitro groups is 1. The lowest BCUT2D eigenvalue weighted by molar-refractivity contribution is -0.479. The maximum Gasteiger partial charge on any atom is 0.208 e. The van der Waals surface area contributed by atoms with E-state index in [0.29, 0.717) is 0 Å². The molecule has 0 fully saturated rings. The summed E-state index contributed by atoms with van der Waals surface area (Å²) in [5, 5.41) is 22.8. The molecule has 0 aliphatic heterocycles. The van der Waals surface area contributed by atoms with Crippen molar-refractivity contribution in [2.24, 2.45) is 0 Å². The summed E-state index contributed by atoms with van der Waals surface area (Å²) >= 11 is 0. The Labute approximate surface area is 99.0 Å². The average Bonchev–Trinajstić information content (AvgIpc) is 2.80. The van der Waals surface area contributed by atoms with Crippen LogP contribution in [0.4, 0.5) is 8.78 Å². The second kappa shape index (κ2) is 4.82. The Morgan fingerprint density at radius 2 is 2.00 bits per heavy atom. The van der Waals surface area contributed by atoms with Crippen LogP contribution in [-0.4, -0.2) is 32.1 Å². The summed E-state index contributed by atoms with van der Waals surface area (Å²) in [5.41, 5.74) is -0.206. The highest BCUT2D eigenvalue weighted by molar-refractivity contribution is 5.55. The van der Waals surface area contributed by atoms with Crippen LogP contribution in [0.1, 0.15) is 5.56 Å². The lowest BCUT2D eigenvalue weighted by Crippen LogP contribution is -2.07. The zero-order valence-corrected chi connectivity index (χ0v) is 8.93.